The number of hydrogen-bond acceptors (Lipinski definition) is 4. The van der Waals surface area contributed by atoms with E-state index in [4.69, 9.17) is 0 Å². The summed E-state index contributed by atoms with van der Waals surface area (Å²) in [6.07, 6.45) is 1.36. The van der Waals surface area contributed by atoms with Gasteiger partial charge in [0.1, 0.15) is 12.1 Å². The number of hydrogen-bond donors (Lipinski definition) is 4. The third-order valence-electron chi connectivity index (χ3n) is 5.53. The Balaban J connectivity index is 1.72. The Morgan fingerprint density at radius 3 is 1.91 bits per heavy atom. The van der Waals surface area contributed by atoms with Crippen molar-refractivity contribution in [3.8, 4) is 0 Å². The zero-order valence-corrected chi connectivity index (χ0v) is 19.7. The van der Waals surface area contributed by atoms with Crippen molar-refractivity contribution >= 4 is 23.5 Å². The standard InChI is InChI=1S/C28H31N3O4/c1-2-17-29-23-15-13-21(14-16-23)19-25(28(34)35)31-27(33)24(18-20-9-5-3-6-10-20)30-26(32)22-11-7-4-8-12-22/h3-16,24-25,29H,2,17-19H2,1H3,(H,30,32)(H,31,33)(H,34,35)/t24-,25-/m0/s1. The number of benzene rings is 3. The minimum Gasteiger partial charge on any atom is -0.480 e. The normalized spacial score (nSPS) is 12.3. The number of aliphatic carboxylic acids is 1. The molecule has 0 aliphatic heterocycles. The number of carboxylic acids is 1. The lowest BCUT2D eigenvalue weighted by Crippen LogP contribution is -2.53. The minimum atomic E-state index is -1.14. The summed E-state index contributed by atoms with van der Waals surface area (Å²) in [6, 6.07) is 23.3. The Morgan fingerprint density at radius 2 is 1.31 bits per heavy atom. The molecule has 0 unspecified atom stereocenters. The average molecular weight is 474 g/mol. The highest BCUT2D eigenvalue weighted by Crippen LogP contribution is 2.12. The van der Waals surface area contributed by atoms with Gasteiger partial charge in [-0.05, 0) is 41.8 Å². The van der Waals surface area contributed by atoms with E-state index < -0.39 is 29.9 Å². The van der Waals surface area contributed by atoms with Crippen LogP contribution in [-0.2, 0) is 22.4 Å². The van der Waals surface area contributed by atoms with Gasteiger partial charge in [-0.15, -0.1) is 0 Å². The Kier molecular flexibility index (Phi) is 9.42. The molecule has 7 heteroatoms. The van der Waals surface area contributed by atoms with E-state index in [-0.39, 0.29) is 12.8 Å². The molecule has 0 aliphatic carbocycles. The highest BCUT2D eigenvalue weighted by molar-refractivity contribution is 5.98. The summed E-state index contributed by atoms with van der Waals surface area (Å²) >= 11 is 0. The van der Waals surface area contributed by atoms with Crippen molar-refractivity contribution in [2.45, 2.75) is 38.3 Å². The molecular formula is C28H31N3O4. The van der Waals surface area contributed by atoms with Crippen molar-refractivity contribution < 1.29 is 19.5 Å². The molecule has 0 heterocycles. The first-order valence-corrected chi connectivity index (χ1v) is 11.7. The summed E-state index contributed by atoms with van der Waals surface area (Å²) < 4.78 is 0. The van der Waals surface area contributed by atoms with Gasteiger partial charge in [-0.2, -0.15) is 0 Å². The topological polar surface area (TPSA) is 108 Å². The van der Waals surface area contributed by atoms with Crippen LogP contribution in [0.2, 0.25) is 0 Å². The molecule has 3 aromatic rings. The van der Waals surface area contributed by atoms with Gasteiger partial charge in [0.25, 0.3) is 5.91 Å². The van der Waals surface area contributed by atoms with Crippen molar-refractivity contribution in [1.29, 1.82) is 0 Å². The van der Waals surface area contributed by atoms with Crippen LogP contribution in [-0.4, -0.2) is 41.5 Å². The molecule has 3 aromatic carbocycles. The highest BCUT2D eigenvalue weighted by atomic mass is 16.4. The summed E-state index contributed by atoms with van der Waals surface area (Å²) in [5.74, 6) is -2.09. The van der Waals surface area contributed by atoms with E-state index in [2.05, 4.69) is 22.9 Å². The fraction of sp³-hybridized carbons (Fsp3) is 0.250. The summed E-state index contributed by atoms with van der Waals surface area (Å²) in [7, 11) is 0. The van der Waals surface area contributed by atoms with Crippen LogP contribution < -0.4 is 16.0 Å². The van der Waals surface area contributed by atoms with E-state index in [1.807, 2.05) is 54.6 Å². The number of nitrogens with one attached hydrogen (secondary N) is 3. The van der Waals surface area contributed by atoms with Crippen LogP contribution in [0.3, 0.4) is 0 Å². The Bertz CT molecular complexity index is 1100. The Morgan fingerprint density at radius 1 is 0.743 bits per heavy atom. The second-order valence-corrected chi connectivity index (χ2v) is 8.31. The molecule has 0 saturated heterocycles. The van der Waals surface area contributed by atoms with Gasteiger partial charge in [0, 0.05) is 30.6 Å². The van der Waals surface area contributed by atoms with Crippen LogP contribution in [0.5, 0.6) is 0 Å². The fourth-order valence-electron chi connectivity index (χ4n) is 3.63. The molecule has 4 N–H and O–H groups in total. The molecule has 3 rings (SSSR count). The smallest absolute Gasteiger partial charge is 0.326 e. The molecule has 7 nitrogen and oxygen atoms in total. The Labute approximate surface area is 205 Å². The number of carboxylic acid groups (broad SMARTS) is 1. The minimum absolute atomic E-state index is 0.125. The molecule has 0 bridgehead atoms. The lowest BCUT2D eigenvalue weighted by molar-refractivity contribution is -0.142. The van der Waals surface area contributed by atoms with Crippen LogP contribution in [0.15, 0.2) is 84.9 Å². The lowest BCUT2D eigenvalue weighted by atomic mass is 10.0. The average Bonchev–Trinajstić information content (AvgIpc) is 2.88. The molecule has 0 fully saturated rings. The van der Waals surface area contributed by atoms with E-state index in [1.54, 1.807) is 30.3 Å². The largest absolute Gasteiger partial charge is 0.480 e. The third kappa shape index (κ3) is 7.99. The fourth-order valence-corrected chi connectivity index (χ4v) is 3.63. The maximum atomic E-state index is 13.2. The number of carbonyl (C=O) groups is 3. The van der Waals surface area contributed by atoms with E-state index in [0.717, 1.165) is 29.8 Å². The number of carbonyl (C=O) groups excluding carboxylic acids is 2. The summed E-state index contributed by atoms with van der Waals surface area (Å²) in [6.45, 7) is 2.93. The zero-order chi connectivity index (χ0) is 25.0. The molecule has 182 valence electrons. The van der Waals surface area contributed by atoms with Crippen LogP contribution in [0.1, 0.15) is 34.8 Å². The molecule has 0 aromatic heterocycles. The molecule has 2 atom stereocenters. The van der Waals surface area contributed by atoms with Gasteiger partial charge < -0.3 is 21.1 Å². The van der Waals surface area contributed by atoms with E-state index in [9.17, 15) is 19.5 Å². The maximum Gasteiger partial charge on any atom is 0.326 e. The monoisotopic (exact) mass is 473 g/mol. The molecule has 0 saturated carbocycles. The predicted molar refractivity (Wildman–Crippen MR) is 136 cm³/mol. The highest BCUT2D eigenvalue weighted by Gasteiger charge is 2.27. The van der Waals surface area contributed by atoms with Crippen molar-refractivity contribution in [2.24, 2.45) is 0 Å². The van der Waals surface area contributed by atoms with Crippen molar-refractivity contribution in [2.75, 3.05) is 11.9 Å². The van der Waals surface area contributed by atoms with Crippen molar-refractivity contribution in [3.05, 3.63) is 102 Å². The second kappa shape index (κ2) is 12.9. The zero-order valence-electron chi connectivity index (χ0n) is 19.7. The first-order chi connectivity index (χ1) is 17.0. The van der Waals surface area contributed by atoms with Gasteiger partial charge in [-0.1, -0.05) is 67.6 Å². The number of amides is 2. The van der Waals surface area contributed by atoms with Crippen LogP contribution in [0.4, 0.5) is 5.69 Å². The number of rotatable bonds is 12. The summed E-state index contributed by atoms with van der Waals surface area (Å²) in [4.78, 5) is 37.9. The van der Waals surface area contributed by atoms with Crippen LogP contribution in [0.25, 0.3) is 0 Å². The molecule has 0 spiro atoms. The summed E-state index contributed by atoms with van der Waals surface area (Å²) in [5.41, 5.74) is 3.01. The quantitative estimate of drug-likeness (QED) is 0.321. The van der Waals surface area contributed by atoms with Gasteiger partial charge in [0.15, 0.2) is 0 Å². The first kappa shape index (κ1) is 25.5. The molecular weight excluding hydrogens is 442 g/mol. The maximum absolute atomic E-state index is 13.2. The molecule has 35 heavy (non-hydrogen) atoms. The SMILES string of the molecule is CCCNc1ccc(C[C@H](NC(=O)[C@H](Cc2ccccc2)NC(=O)c2ccccc2)C(=O)O)cc1. The first-order valence-electron chi connectivity index (χ1n) is 11.7. The van der Waals surface area contributed by atoms with Crippen molar-refractivity contribution in [1.82, 2.24) is 10.6 Å². The van der Waals surface area contributed by atoms with Crippen molar-refractivity contribution in [3.63, 3.8) is 0 Å². The molecule has 0 radical (unpaired) electrons. The van der Waals surface area contributed by atoms with Gasteiger partial charge in [-0.3, -0.25) is 9.59 Å². The third-order valence-corrected chi connectivity index (χ3v) is 5.53. The van der Waals surface area contributed by atoms with Gasteiger partial charge in [0.05, 0.1) is 0 Å². The van der Waals surface area contributed by atoms with E-state index in [0.29, 0.717) is 5.56 Å². The van der Waals surface area contributed by atoms with Gasteiger partial charge in [0.2, 0.25) is 5.91 Å². The molecule has 0 aliphatic rings. The van der Waals surface area contributed by atoms with E-state index >= 15 is 0 Å². The van der Waals surface area contributed by atoms with Gasteiger partial charge >= 0.3 is 5.97 Å². The van der Waals surface area contributed by atoms with Crippen LogP contribution >= 0.6 is 0 Å². The Hall–Kier alpha value is -4.13. The lowest BCUT2D eigenvalue weighted by Gasteiger charge is -2.22. The second-order valence-electron chi connectivity index (χ2n) is 8.31. The number of anilines is 1. The van der Waals surface area contributed by atoms with Gasteiger partial charge in [-0.25, -0.2) is 4.79 Å². The predicted octanol–water partition coefficient (Wildman–Crippen LogP) is 3.66. The van der Waals surface area contributed by atoms with E-state index in [1.165, 1.54) is 0 Å². The van der Waals surface area contributed by atoms with Crippen LogP contribution in [0, 0.1) is 0 Å². The summed E-state index contributed by atoms with van der Waals surface area (Å²) in [5, 5.41) is 18.4. The molecule has 2 amide bonds.